The van der Waals surface area contributed by atoms with Gasteiger partial charge in [0, 0.05) is 25.2 Å². The van der Waals surface area contributed by atoms with E-state index in [9.17, 15) is 9.59 Å². The first kappa shape index (κ1) is 16.8. The molecule has 1 aromatic rings. The Kier molecular flexibility index (Phi) is 5.35. The van der Waals surface area contributed by atoms with Crippen LogP contribution in [-0.2, 0) is 9.59 Å². The lowest BCUT2D eigenvalue weighted by Crippen LogP contribution is -2.47. The first-order valence-corrected chi connectivity index (χ1v) is 8.73. The molecule has 130 valence electrons. The number of rotatable bonds is 5. The van der Waals surface area contributed by atoms with Crippen molar-refractivity contribution < 1.29 is 14.3 Å². The Hall–Kier alpha value is -2.08. The molecule has 0 spiro atoms. The van der Waals surface area contributed by atoms with Crippen molar-refractivity contribution in [3.63, 3.8) is 0 Å². The zero-order valence-electron chi connectivity index (χ0n) is 14.1. The van der Waals surface area contributed by atoms with Crippen molar-refractivity contribution in [1.82, 2.24) is 10.2 Å². The maximum atomic E-state index is 11.8. The second-order valence-electron chi connectivity index (χ2n) is 6.42. The van der Waals surface area contributed by atoms with Gasteiger partial charge in [0.25, 0.3) is 0 Å². The van der Waals surface area contributed by atoms with Gasteiger partial charge in [-0.1, -0.05) is 6.92 Å². The van der Waals surface area contributed by atoms with Crippen LogP contribution >= 0.6 is 0 Å². The summed E-state index contributed by atoms with van der Waals surface area (Å²) in [5.41, 5.74) is 0.859. The average molecular weight is 331 g/mol. The summed E-state index contributed by atoms with van der Waals surface area (Å²) in [6, 6.07) is 7.34. The number of benzene rings is 1. The maximum Gasteiger partial charge on any atom is 0.249 e. The summed E-state index contributed by atoms with van der Waals surface area (Å²) in [4.78, 5) is 25.4. The largest absolute Gasteiger partial charge is 0.490 e. The topological polar surface area (TPSA) is 70.7 Å². The molecule has 2 heterocycles. The summed E-state index contributed by atoms with van der Waals surface area (Å²) in [6.45, 7) is 5.48. The smallest absolute Gasteiger partial charge is 0.249 e. The molecule has 0 saturated carbocycles. The Labute approximate surface area is 142 Å². The summed E-state index contributed by atoms with van der Waals surface area (Å²) in [5.74, 6) is 0.406. The highest BCUT2D eigenvalue weighted by atomic mass is 16.5. The Morgan fingerprint density at radius 3 is 2.50 bits per heavy atom. The van der Waals surface area contributed by atoms with Crippen LogP contribution in [0.5, 0.6) is 5.75 Å². The molecule has 3 rings (SSSR count). The normalized spacial score (nSPS) is 23.0. The number of piperidine rings is 2. The number of hydrogen-bond donors (Lipinski definition) is 2. The molecule has 2 aliphatic heterocycles. The lowest BCUT2D eigenvalue weighted by Gasteiger charge is -2.31. The molecule has 24 heavy (non-hydrogen) atoms. The van der Waals surface area contributed by atoms with E-state index in [0.717, 1.165) is 43.9 Å². The molecule has 1 atom stereocenters. The predicted molar refractivity (Wildman–Crippen MR) is 92.0 cm³/mol. The zero-order chi connectivity index (χ0) is 16.9. The Bertz CT molecular complexity index is 580. The van der Waals surface area contributed by atoms with E-state index in [2.05, 4.69) is 22.5 Å². The van der Waals surface area contributed by atoms with E-state index < -0.39 is 0 Å². The number of carbonyl (C=O) groups excluding carboxylic acids is 2. The van der Waals surface area contributed by atoms with Gasteiger partial charge in [-0.25, -0.2) is 0 Å². The van der Waals surface area contributed by atoms with Crippen LogP contribution in [0, 0.1) is 0 Å². The molecule has 2 N–H and O–H groups in total. The molecule has 1 aromatic carbocycles. The van der Waals surface area contributed by atoms with E-state index in [-0.39, 0.29) is 24.0 Å². The van der Waals surface area contributed by atoms with Crippen LogP contribution in [0.15, 0.2) is 24.3 Å². The van der Waals surface area contributed by atoms with E-state index >= 15 is 0 Å². The molecule has 0 aliphatic carbocycles. The number of ether oxygens (including phenoxy) is 1. The van der Waals surface area contributed by atoms with Gasteiger partial charge >= 0.3 is 0 Å². The van der Waals surface area contributed by atoms with Crippen LogP contribution in [0.3, 0.4) is 0 Å². The number of carbonyl (C=O) groups is 2. The molecule has 2 fully saturated rings. The monoisotopic (exact) mass is 331 g/mol. The van der Waals surface area contributed by atoms with E-state index in [4.69, 9.17) is 4.74 Å². The fraction of sp³-hybridized carbons (Fsp3) is 0.556. The second-order valence-corrected chi connectivity index (χ2v) is 6.42. The summed E-state index contributed by atoms with van der Waals surface area (Å²) >= 11 is 0. The molecule has 2 amide bonds. The molecule has 6 nitrogen and oxygen atoms in total. The maximum absolute atomic E-state index is 11.8. The van der Waals surface area contributed by atoms with Crippen molar-refractivity contribution in [2.75, 3.05) is 25.0 Å². The van der Waals surface area contributed by atoms with Gasteiger partial charge in [-0.05, 0) is 50.1 Å². The minimum atomic E-state index is -0.354. The minimum absolute atomic E-state index is 0.198. The lowest BCUT2D eigenvalue weighted by atomic mass is 10.1. The number of imide groups is 1. The van der Waals surface area contributed by atoms with Crippen molar-refractivity contribution in [2.24, 2.45) is 0 Å². The fourth-order valence-corrected chi connectivity index (χ4v) is 3.20. The molecule has 2 aliphatic rings. The van der Waals surface area contributed by atoms with E-state index in [1.807, 2.05) is 24.3 Å². The van der Waals surface area contributed by atoms with Crippen molar-refractivity contribution >= 4 is 17.5 Å². The van der Waals surface area contributed by atoms with Crippen molar-refractivity contribution in [3.05, 3.63) is 24.3 Å². The van der Waals surface area contributed by atoms with Gasteiger partial charge in [-0.2, -0.15) is 0 Å². The van der Waals surface area contributed by atoms with Gasteiger partial charge in [-0.3, -0.25) is 14.9 Å². The molecule has 0 aromatic heterocycles. The summed E-state index contributed by atoms with van der Waals surface area (Å²) < 4.78 is 6.05. The minimum Gasteiger partial charge on any atom is -0.490 e. The molecule has 2 saturated heterocycles. The molecular weight excluding hydrogens is 306 g/mol. The SMILES string of the molecule is CCN1CCC(Oc2ccc(NC3CCC(=O)NC3=O)cc2)CC1. The van der Waals surface area contributed by atoms with Crippen LogP contribution < -0.4 is 15.4 Å². The first-order chi connectivity index (χ1) is 11.6. The van der Waals surface area contributed by atoms with Crippen LogP contribution in [0.1, 0.15) is 32.6 Å². The highest BCUT2D eigenvalue weighted by Crippen LogP contribution is 2.22. The third kappa shape index (κ3) is 4.26. The van der Waals surface area contributed by atoms with Gasteiger partial charge in [0.2, 0.25) is 11.8 Å². The van der Waals surface area contributed by atoms with Crippen molar-refractivity contribution in [3.8, 4) is 5.75 Å². The number of likely N-dealkylation sites (tertiary alicyclic amines) is 1. The Balaban J connectivity index is 1.50. The summed E-state index contributed by atoms with van der Waals surface area (Å²) in [6.07, 6.45) is 3.30. The number of anilines is 1. The predicted octanol–water partition coefficient (Wildman–Crippen LogP) is 1.77. The highest BCUT2D eigenvalue weighted by molar-refractivity contribution is 6.01. The van der Waals surface area contributed by atoms with Crippen molar-refractivity contribution in [2.45, 2.75) is 44.8 Å². The van der Waals surface area contributed by atoms with Gasteiger partial charge < -0.3 is 15.0 Å². The Morgan fingerprint density at radius 1 is 1.17 bits per heavy atom. The third-order valence-corrected chi connectivity index (χ3v) is 4.72. The van der Waals surface area contributed by atoms with E-state index in [1.165, 1.54) is 0 Å². The molecule has 1 unspecified atom stereocenters. The van der Waals surface area contributed by atoms with Crippen LogP contribution in [0.4, 0.5) is 5.69 Å². The summed E-state index contributed by atoms with van der Waals surface area (Å²) in [5, 5.41) is 5.52. The molecule has 6 heteroatoms. The van der Waals surface area contributed by atoms with Gasteiger partial charge in [-0.15, -0.1) is 0 Å². The van der Waals surface area contributed by atoms with Gasteiger partial charge in [0.05, 0.1) is 0 Å². The van der Waals surface area contributed by atoms with E-state index in [0.29, 0.717) is 12.8 Å². The van der Waals surface area contributed by atoms with E-state index in [1.54, 1.807) is 0 Å². The fourth-order valence-electron chi connectivity index (χ4n) is 3.20. The number of amides is 2. The lowest BCUT2D eigenvalue weighted by molar-refractivity contribution is -0.133. The molecular formula is C18H25N3O3. The van der Waals surface area contributed by atoms with Crippen LogP contribution in [0.25, 0.3) is 0 Å². The highest BCUT2D eigenvalue weighted by Gasteiger charge is 2.26. The van der Waals surface area contributed by atoms with Crippen LogP contribution in [0.2, 0.25) is 0 Å². The quantitative estimate of drug-likeness (QED) is 0.805. The Morgan fingerprint density at radius 2 is 1.88 bits per heavy atom. The van der Waals surface area contributed by atoms with Gasteiger partial charge in [0.15, 0.2) is 0 Å². The standard InChI is InChI=1S/C18H25N3O3/c1-2-21-11-9-15(10-12-21)24-14-5-3-13(4-6-14)19-16-7-8-17(22)20-18(16)23/h3-6,15-16,19H,2,7-12H2,1H3,(H,20,22,23). The first-order valence-electron chi connectivity index (χ1n) is 8.73. The third-order valence-electron chi connectivity index (χ3n) is 4.72. The van der Waals surface area contributed by atoms with Gasteiger partial charge in [0.1, 0.15) is 17.9 Å². The van der Waals surface area contributed by atoms with Crippen LogP contribution in [-0.4, -0.2) is 48.5 Å². The molecule has 0 bridgehead atoms. The number of nitrogens with one attached hydrogen (secondary N) is 2. The average Bonchev–Trinajstić information content (AvgIpc) is 2.60. The molecule has 0 radical (unpaired) electrons. The zero-order valence-corrected chi connectivity index (χ0v) is 14.1. The second kappa shape index (κ2) is 7.66. The van der Waals surface area contributed by atoms with Crippen molar-refractivity contribution in [1.29, 1.82) is 0 Å². The summed E-state index contributed by atoms with van der Waals surface area (Å²) in [7, 11) is 0. The number of hydrogen-bond acceptors (Lipinski definition) is 5. The number of nitrogens with zero attached hydrogens (tertiary/aromatic N) is 1.